The van der Waals surface area contributed by atoms with Crippen LogP contribution in [0.25, 0.3) is 5.76 Å². The Bertz CT molecular complexity index is 645. The zero-order chi connectivity index (χ0) is 13.8. The average molecular weight is 266 g/mol. The standard InChI is InChI=1S/C17H16NO2/c1-14-12-17(15-8-4-2-5-9-15)19-13-18(14)20-16-10-6-3-7-11-16/h2-12H,13H2,1H3/q+1. The summed E-state index contributed by atoms with van der Waals surface area (Å²) in [6.45, 7) is 2.38. The summed E-state index contributed by atoms with van der Waals surface area (Å²) in [7, 11) is 0. The highest BCUT2D eigenvalue weighted by Crippen LogP contribution is 2.19. The lowest BCUT2D eigenvalue weighted by molar-refractivity contribution is -0.764. The highest BCUT2D eigenvalue weighted by atomic mass is 16.7. The summed E-state index contributed by atoms with van der Waals surface area (Å²) in [5.41, 5.74) is 2.09. The van der Waals surface area contributed by atoms with E-state index in [2.05, 4.69) is 0 Å². The van der Waals surface area contributed by atoms with Crippen molar-refractivity contribution in [2.45, 2.75) is 6.92 Å². The molecule has 2 aromatic carbocycles. The van der Waals surface area contributed by atoms with Crippen LogP contribution in [-0.2, 0) is 4.74 Å². The van der Waals surface area contributed by atoms with E-state index in [1.165, 1.54) is 0 Å². The van der Waals surface area contributed by atoms with Gasteiger partial charge in [-0.3, -0.25) is 0 Å². The maximum atomic E-state index is 5.78. The molecule has 0 bridgehead atoms. The van der Waals surface area contributed by atoms with Crippen LogP contribution < -0.4 is 4.84 Å². The molecule has 3 rings (SSSR count). The van der Waals surface area contributed by atoms with E-state index in [4.69, 9.17) is 9.57 Å². The molecule has 0 aliphatic carbocycles. The van der Waals surface area contributed by atoms with Crippen molar-refractivity contribution in [1.82, 2.24) is 0 Å². The minimum atomic E-state index is 0.376. The van der Waals surface area contributed by atoms with Crippen LogP contribution in [0.15, 0.2) is 66.7 Å². The van der Waals surface area contributed by atoms with E-state index >= 15 is 0 Å². The maximum Gasteiger partial charge on any atom is 0.335 e. The maximum absolute atomic E-state index is 5.78. The lowest BCUT2D eigenvalue weighted by atomic mass is 10.1. The number of hydrogen-bond donors (Lipinski definition) is 0. The van der Waals surface area contributed by atoms with Crippen LogP contribution in [-0.4, -0.2) is 17.2 Å². The molecule has 20 heavy (non-hydrogen) atoms. The van der Waals surface area contributed by atoms with E-state index in [0.717, 1.165) is 22.8 Å². The number of nitrogens with zero attached hydrogens (tertiary/aromatic N) is 1. The molecular formula is C17H16NO2+. The number of para-hydroxylation sites is 1. The minimum absolute atomic E-state index is 0.376. The van der Waals surface area contributed by atoms with Crippen LogP contribution in [0.5, 0.6) is 5.75 Å². The summed E-state index contributed by atoms with van der Waals surface area (Å²) >= 11 is 0. The molecule has 1 aliphatic heterocycles. The van der Waals surface area contributed by atoms with Crippen LogP contribution in [0.2, 0.25) is 0 Å². The van der Waals surface area contributed by atoms with Gasteiger partial charge in [0, 0.05) is 17.2 Å². The summed E-state index contributed by atoms with van der Waals surface area (Å²) in [5, 5.41) is 0. The number of hydroxylamine groups is 1. The number of hydrogen-bond acceptors (Lipinski definition) is 2. The predicted octanol–water partition coefficient (Wildman–Crippen LogP) is 3.48. The molecule has 0 saturated heterocycles. The molecule has 1 heterocycles. The molecule has 3 nitrogen and oxygen atoms in total. The Morgan fingerprint density at radius 1 is 0.950 bits per heavy atom. The van der Waals surface area contributed by atoms with Crippen molar-refractivity contribution < 1.29 is 14.3 Å². The molecule has 0 unspecified atom stereocenters. The van der Waals surface area contributed by atoms with Gasteiger partial charge in [-0.25, -0.2) is 4.84 Å². The van der Waals surface area contributed by atoms with Gasteiger partial charge in [0.15, 0.2) is 0 Å². The van der Waals surface area contributed by atoms with E-state index in [-0.39, 0.29) is 0 Å². The van der Waals surface area contributed by atoms with Crippen LogP contribution in [0.1, 0.15) is 12.5 Å². The van der Waals surface area contributed by atoms with Crippen LogP contribution in [0.3, 0.4) is 0 Å². The van der Waals surface area contributed by atoms with Gasteiger partial charge in [-0.2, -0.15) is 0 Å². The predicted molar refractivity (Wildman–Crippen MR) is 78.4 cm³/mol. The molecule has 0 radical (unpaired) electrons. The van der Waals surface area contributed by atoms with Gasteiger partial charge in [0.05, 0.1) is 6.08 Å². The monoisotopic (exact) mass is 266 g/mol. The van der Waals surface area contributed by atoms with Crippen molar-refractivity contribution in [2.75, 3.05) is 6.73 Å². The number of benzene rings is 2. The molecule has 0 fully saturated rings. The Morgan fingerprint density at radius 3 is 2.25 bits per heavy atom. The van der Waals surface area contributed by atoms with Gasteiger partial charge in [0.2, 0.25) is 11.5 Å². The molecule has 0 spiro atoms. The fraction of sp³-hybridized carbons (Fsp3) is 0.118. The van der Waals surface area contributed by atoms with Gasteiger partial charge < -0.3 is 4.74 Å². The first-order valence-corrected chi connectivity index (χ1v) is 6.57. The summed E-state index contributed by atoms with van der Waals surface area (Å²) in [6, 6.07) is 19.8. The summed E-state index contributed by atoms with van der Waals surface area (Å²) in [5.74, 6) is 1.67. The Morgan fingerprint density at radius 2 is 1.60 bits per heavy atom. The zero-order valence-corrected chi connectivity index (χ0v) is 11.3. The second-order valence-electron chi connectivity index (χ2n) is 4.57. The zero-order valence-electron chi connectivity index (χ0n) is 11.3. The van der Waals surface area contributed by atoms with E-state index in [1.807, 2.05) is 73.7 Å². The lowest BCUT2D eigenvalue weighted by Crippen LogP contribution is -2.28. The van der Waals surface area contributed by atoms with Crippen molar-refractivity contribution in [3.8, 4) is 5.75 Å². The Balaban J connectivity index is 1.83. The first-order valence-electron chi connectivity index (χ1n) is 6.57. The van der Waals surface area contributed by atoms with Gasteiger partial charge >= 0.3 is 6.73 Å². The Hall–Kier alpha value is -2.55. The molecule has 0 N–H and O–H groups in total. The van der Waals surface area contributed by atoms with Crippen LogP contribution in [0.4, 0.5) is 0 Å². The molecule has 0 aromatic heterocycles. The van der Waals surface area contributed by atoms with Gasteiger partial charge in [0.1, 0.15) is 5.76 Å². The second-order valence-corrected chi connectivity index (χ2v) is 4.57. The van der Waals surface area contributed by atoms with E-state index in [9.17, 15) is 0 Å². The fourth-order valence-corrected chi connectivity index (χ4v) is 2.01. The lowest BCUT2D eigenvalue weighted by Gasteiger charge is -2.14. The minimum Gasteiger partial charge on any atom is -0.432 e. The fourth-order valence-electron chi connectivity index (χ4n) is 2.01. The van der Waals surface area contributed by atoms with Crippen molar-refractivity contribution in [3.05, 3.63) is 72.3 Å². The molecule has 3 heteroatoms. The summed E-state index contributed by atoms with van der Waals surface area (Å²) in [6.07, 6.45) is 1.99. The van der Waals surface area contributed by atoms with Crippen molar-refractivity contribution >= 4 is 11.5 Å². The van der Waals surface area contributed by atoms with E-state index in [1.54, 1.807) is 4.74 Å². The molecule has 0 atom stereocenters. The molecule has 100 valence electrons. The number of rotatable bonds is 3. The highest BCUT2D eigenvalue weighted by Gasteiger charge is 2.21. The normalized spacial score (nSPS) is 14.6. The topological polar surface area (TPSA) is 21.5 Å². The first-order chi connectivity index (χ1) is 9.83. The van der Waals surface area contributed by atoms with Crippen molar-refractivity contribution in [2.24, 2.45) is 0 Å². The SMILES string of the molecule is CC1=[N+](Oc2ccccc2)COC(c2ccccc2)=C1. The van der Waals surface area contributed by atoms with Crippen molar-refractivity contribution in [1.29, 1.82) is 0 Å². The van der Waals surface area contributed by atoms with Gasteiger partial charge in [-0.05, 0) is 12.1 Å². The smallest absolute Gasteiger partial charge is 0.335 e. The summed E-state index contributed by atoms with van der Waals surface area (Å²) in [4.78, 5) is 5.78. The third kappa shape index (κ3) is 2.72. The van der Waals surface area contributed by atoms with E-state index in [0.29, 0.717) is 6.73 Å². The van der Waals surface area contributed by atoms with Gasteiger partial charge in [-0.15, -0.1) is 0 Å². The number of allylic oxidation sites excluding steroid dienone is 1. The largest absolute Gasteiger partial charge is 0.432 e. The van der Waals surface area contributed by atoms with Crippen LogP contribution >= 0.6 is 0 Å². The summed E-state index contributed by atoms with van der Waals surface area (Å²) < 4.78 is 7.50. The van der Waals surface area contributed by atoms with Gasteiger partial charge in [-0.1, -0.05) is 48.5 Å². The second kappa shape index (κ2) is 5.61. The first kappa shape index (κ1) is 12.5. The molecule has 0 amide bonds. The average Bonchev–Trinajstić information content (AvgIpc) is 2.51. The van der Waals surface area contributed by atoms with Crippen LogP contribution in [0, 0.1) is 0 Å². The molecule has 2 aromatic rings. The van der Waals surface area contributed by atoms with E-state index < -0.39 is 0 Å². The van der Waals surface area contributed by atoms with Gasteiger partial charge in [0.25, 0.3) is 0 Å². The van der Waals surface area contributed by atoms with Crippen molar-refractivity contribution in [3.63, 3.8) is 0 Å². The quantitative estimate of drug-likeness (QED) is 0.793. The third-order valence-corrected chi connectivity index (χ3v) is 3.09. The molecular weight excluding hydrogens is 250 g/mol. The highest BCUT2D eigenvalue weighted by molar-refractivity contribution is 5.95. The Kier molecular flexibility index (Phi) is 3.50. The molecule has 1 aliphatic rings. The Labute approximate surface area is 118 Å². The number of ether oxygens (including phenoxy) is 1. The molecule has 0 saturated carbocycles. The third-order valence-electron chi connectivity index (χ3n) is 3.09.